The smallest absolute Gasteiger partial charge is 0.326 e. The van der Waals surface area contributed by atoms with Crippen LogP contribution in [0.4, 0.5) is 0 Å². The number of carbonyl (C=O) groups is 4. The summed E-state index contributed by atoms with van der Waals surface area (Å²) in [6.45, 7) is 0. The first kappa shape index (κ1) is 23.7. The van der Waals surface area contributed by atoms with E-state index in [4.69, 9.17) is 5.73 Å². The molecule has 0 unspecified atom stereocenters. The molecule has 5 N–H and O–H groups in total. The molecular formula is C23H31N3O6. The summed E-state index contributed by atoms with van der Waals surface area (Å²) in [5.41, 5.74) is 6.79. The number of aliphatic carboxylic acids is 2. The van der Waals surface area contributed by atoms with Crippen LogP contribution >= 0.6 is 0 Å². The average molecular weight is 446 g/mol. The van der Waals surface area contributed by atoms with Crippen LogP contribution in [-0.2, 0) is 25.6 Å². The fourth-order valence-electron chi connectivity index (χ4n) is 4.93. The number of likely N-dealkylation sites (tertiary alicyclic amines) is 1. The average Bonchev–Trinajstić information content (AvgIpc) is 3.17. The van der Waals surface area contributed by atoms with Gasteiger partial charge in [-0.15, -0.1) is 0 Å². The summed E-state index contributed by atoms with van der Waals surface area (Å²) in [6, 6.07) is 5.98. The lowest BCUT2D eigenvalue weighted by molar-refractivity contribution is -0.150. The molecule has 1 saturated carbocycles. The number of nitrogens with two attached hydrogens (primary N) is 1. The molecule has 0 aromatic heterocycles. The van der Waals surface area contributed by atoms with Gasteiger partial charge in [0, 0.05) is 12.5 Å². The van der Waals surface area contributed by atoms with Crippen LogP contribution < -0.4 is 11.1 Å². The Bertz CT molecular complexity index is 845. The number of carbonyl (C=O) groups excluding carboxylic acids is 2. The Morgan fingerprint density at radius 1 is 1.09 bits per heavy atom. The quantitative estimate of drug-likeness (QED) is 0.445. The summed E-state index contributed by atoms with van der Waals surface area (Å²) < 4.78 is 0. The molecule has 1 aromatic rings. The van der Waals surface area contributed by atoms with E-state index in [2.05, 4.69) is 5.32 Å². The van der Waals surface area contributed by atoms with Gasteiger partial charge in [-0.1, -0.05) is 43.2 Å². The van der Waals surface area contributed by atoms with Crippen molar-refractivity contribution in [3.8, 4) is 0 Å². The standard InChI is InChI=1S/C23H31N3O6/c24-16(12-14-6-2-1-3-7-14)21(28)25-17(22(29)30)10-11-20(27)26-18-9-5-4-8-15(18)13-19(26)23(31)32/h1-3,6-7,15-19H,4-5,8-13,24H2,(H,25,28)(H,29,30)(H,31,32)/t15-,16-,17+,18-,19-/m0/s1. The van der Waals surface area contributed by atoms with Crippen molar-refractivity contribution in [2.45, 2.75) is 75.5 Å². The molecule has 1 aliphatic carbocycles. The second-order valence-electron chi connectivity index (χ2n) is 8.74. The Labute approximate surface area is 187 Å². The minimum Gasteiger partial charge on any atom is -0.480 e. The molecule has 2 fully saturated rings. The van der Waals surface area contributed by atoms with Gasteiger partial charge in [-0.05, 0) is 43.6 Å². The predicted octanol–water partition coefficient (Wildman–Crippen LogP) is 1.15. The number of rotatable bonds is 9. The van der Waals surface area contributed by atoms with Crippen molar-refractivity contribution in [2.75, 3.05) is 0 Å². The summed E-state index contributed by atoms with van der Waals surface area (Å²) in [6.07, 6.45) is 4.08. The van der Waals surface area contributed by atoms with Crippen molar-refractivity contribution in [1.29, 1.82) is 0 Å². The van der Waals surface area contributed by atoms with Gasteiger partial charge in [-0.25, -0.2) is 9.59 Å². The summed E-state index contributed by atoms with van der Waals surface area (Å²) in [7, 11) is 0. The fraction of sp³-hybridized carbons (Fsp3) is 0.565. The summed E-state index contributed by atoms with van der Waals surface area (Å²) in [5.74, 6) is -3.08. The van der Waals surface area contributed by atoms with Gasteiger partial charge < -0.3 is 26.2 Å². The van der Waals surface area contributed by atoms with Crippen molar-refractivity contribution in [1.82, 2.24) is 10.2 Å². The van der Waals surface area contributed by atoms with E-state index < -0.39 is 36.0 Å². The number of hydrogen-bond donors (Lipinski definition) is 4. The molecule has 1 heterocycles. The number of hydrogen-bond acceptors (Lipinski definition) is 5. The Morgan fingerprint density at radius 2 is 1.78 bits per heavy atom. The first-order valence-electron chi connectivity index (χ1n) is 11.1. The molecule has 1 saturated heterocycles. The topological polar surface area (TPSA) is 150 Å². The third-order valence-electron chi connectivity index (χ3n) is 6.56. The monoisotopic (exact) mass is 445 g/mol. The highest BCUT2D eigenvalue weighted by Crippen LogP contribution is 2.40. The molecule has 32 heavy (non-hydrogen) atoms. The number of carboxylic acids is 2. The fourth-order valence-corrected chi connectivity index (χ4v) is 4.93. The molecule has 1 aromatic carbocycles. The third kappa shape index (κ3) is 5.64. The van der Waals surface area contributed by atoms with Gasteiger partial charge in [0.05, 0.1) is 6.04 Å². The lowest BCUT2D eigenvalue weighted by Crippen LogP contribution is -2.50. The van der Waals surface area contributed by atoms with Gasteiger partial charge >= 0.3 is 11.9 Å². The Morgan fingerprint density at radius 3 is 2.44 bits per heavy atom. The SMILES string of the molecule is N[C@@H](Cc1ccccc1)C(=O)N[C@H](CCC(=O)N1[C@H](C(=O)O)C[C@@H]2CCCC[C@@H]21)C(=O)O. The molecular weight excluding hydrogens is 414 g/mol. The van der Waals surface area contributed by atoms with Crippen LogP contribution in [0.3, 0.4) is 0 Å². The van der Waals surface area contributed by atoms with E-state index in [0.29, 0.717) is 6.42 Å². The zero-order valence-corrected chi connectivity index (χ0v) is 18.0. The molecule has 1 aliphatic heterocycles. The molecule has 0 radical (unpaired) electrons. The molecule has 9 nitrogen and oxygen atoms in total. The summed E-state index contributed by atoms with van der Waals surface area (Å²) >= 11 is 0. The largest absolute Gasteiger partial charge is 0.480 e. The summed E-state index contributed by atoms with van der Waals surface area (Å²) in [4.78, 5) is 50.2. The van der Waals surface area contributed by atoms with Gasteiger partial charge in [0.25, 0.3) is 0 Å². The molecule has 5 atom stereocenters. The molecule has 2 amide bonds. The van der Waals surface area contributed by atoms with Gasteiger partial charge in [-0.3, -0.25) is 9.59 Å². The highest BCUT2D eigenvalue weighted by molar-refractivity contribution is 5.88. The van der Waals surface area contributed by atoms with Crippen LogP contribution in [0.5, 0.6) is 0 Å². The predicted molar refractivity (Wildman–Crippen MR) is 116 cm³/mol. The number of benzene rings is 1. The maximum absolute atomic E-state index is 12.9. The maximum Gasteiger partial charge on any atom is 0.326 e. The minimum atomic E-state index is -1.28. The van der Waals surface area contributed by atoms with Crippen molar-refractivity contribution < 1.29 is 29.4 Å². The Hall–Kier alpha value is -2.94. The first-order valence-corrected chi connectivity index (χ1v) is 11.1. The minimum absolute atomic E-state index is 0.102. The van der Waals surface area contributed by atoms with E-state index in [1.54, 1.807) is 0 Å². The Balaban J connectivity index is 1.58. The van der Waals surface area contributed by atoms with Crippen LogP contribution in [-0.4, -0.2) is 63.0 Å². The highest BCUT2D eigenvalue weighted by Gasteiger charge is 2.47. The van der Waals surface area contributed by atoms with E-state index in [1.165, 1.54) is 4.90 Å². The molecule has 0 bridgehead atoms. The summed E-state index contributed by atoms with van der Waals surface area (Å²) in [5, 5.41) is 21.5. The zero-order valence-electron chi connectivity index (χ0n) is 18.0. The van der Waals surface area contributed by atoms with E-state index in [9.17, 15) is 29.4 Å². The number of nitrogens with one attached hydrogen (secondary N) is 1. The van der Waals surface area contributed by atoms with Crippen LogP contribution in [0.25, 0.3) is 0 Å². The number of fused-ring (bicyclic) bond motifs is 1. The maximum atomic E-state index is 12.9. The Kier molecular flexibility index (Phi) is 7.84. The molecule has 9 heteroatoms. The van der Waals surface area contributed by atoms with E-state index in [0.717, 1.165) is 31.2 Å². The molecule has 3 rings (SSSR count). The number of nitrogens with zero attached hydrogens (tertiary/aromatic N) is 1. The van der Waals surface area contributed by atoms with Gasteiger partial charge in [-0.2, -0.15) is 0 Å². The van der Waals surface area contributed by atoms with Crippen molar-refractivity contribution >= 4 is 23.8 Å². The normalized spacial score (nSPS) is 24.3. The van der Waals surface area contributed by atoms with Crippen molar-refractivity contribution in [3.63, 3.8) is 0 Å². The van der Waals surface area contributed by atoms with Gasteiger partial charge in [0.15, 0.2) is 0 Å². The lowest BCUT2D eigenvalue weighted by Gasteiger charge is -2.33. The second-order valence-corrected chi connectivity index (χ2v) is 8.74. The van der Waals surface area contributed by atoms with E-state index in [-0.39, 0.29) is 37.1 Å². The second kappa shape index (κ2) is 10.6. The molecule has 2 aliphatic rings. The highest BCUT2D eigenvalue weighted by atomic mass is 16.4. The van der Waals surface area contributed by atoms with E-state index >= 15 is 0 Å². The van der Waals surface area contributed by atoms with Crippen LogP contribution in [0.2, 0.25) is 0 Å². The van der Waals surface area contributed by atoms with Crippen LogP contribution in [0.1, 0.15) is 50.5 Å². The van der Waals surface area contributed by atoms with Crippen LogP contribution in [0, 0.1) is 5.92 Å². The number of carboxylic acid groups (broad SMARTS) is 2. The van der Waals surface area contributed by atoms with Crippen molar-refractivity contribution in [3.05, 3.63) is 35.9 Å². The van der Waals surface area contributed by atoms with Crippen LogP contribution in [0.15, 0.2) is 30.3 Å². The van der Waals surface area contributed by atoms with Crippen molar-refractivity contribution in [2.24, 2.45) is 11.7 Å². The lowest BCUT2D eigenvalue weighted by atomic mass is 9.84. The van der Waals surface area contributed by atoms with E-state index in [1.807, 2.05) is 30.3 Å². The third-order valence-corrected chi connectivity index (χ3v) is 6.56. The number of amides is 2. The van der Waals surface area contributed by atoms with Gasteiger partial charge in [0.1, 0.15) is 12.1 Å². The van der Waals surface area contributed by atoms with Gasteiger partial charge in [0.2, 0.25) is 11.8 Å². The molecule has 174 valence electrons. The first-order chi connectivity index (χ1) is 15.3. The zero-order chi connectivity index (χ0) is 23.3. The molecule has 0 spiro atoms.